The number of anilines is 1. The molecule has 0 fully saturated rings. The van der Waals surface area contributed by atoms with Gasteiger partial charge in [0, 0.05) is 19.8 Å². The molecule has 21 heavy (non-hydrogen) atoms. The zero-order valence-corrected chi connectivity index (χ0v) is 13.1. The van der Waals surface area contributed by atoms with E-state index in [4.69, 9.17) is 0 Å². The van der Waals surface area contributed by atoms with Crippen LogP contribution in [0.1, 0.15) is 25.8 Å². The molecule has 2 amide bonds. The second-order valence-electron chi connectivity index (χ2n) is 5.73. The fraction of sp³-hybridized carbons (Fsp3) is 0.500. The SMILES string of the molecule is CC(C)C(O)CC(=O)Nc1ccc(CC(=O)N(C)C)cc1. The highest BCUT2D eigenvalue weighted by Gasteiger charge is 2.14. The summed E-state index contributed by atoms with van der Waals surface area (Å²) in [6.07, 6.45) is -0.215. The van der Waals surface area contributed by atoms with Crippen LogP contribution >= 0.6 is 0 Å². The molecule has 0 saturated heterocycles. The van der Waals surface area contributed by atoms with Crippen molar-refractivity contribution in [3.8, 4) is 0 Å². The smallest absolute Gasteiger partial charge is 0.226 e. The Bertz CT molecular complexity index is 481. The van der Waals surface area contributed by atoms with Gasteiger partial charge in [-0.05, 0) is 23.6 Å². The lowest BCUT2D eigenvalue weighted by atomic mass is 10.0. The highest BCUT2D eigenvalue weighted by Crippen LogP contribution is 2.12. The lowest BCUT2D eigenvalue weighted by Crippen LogP contribution is -2.24. The average Bonchev–Trinajstić information content (AvgIpc) is 2.40. The number of aliphatic hydroxyl groups is 1. The van der Waals surface area contributed by atoms with Gasteiger partial charge >= 0.3 is 0 Å². The van der Waals surface area contributed by atoms with Crippen LogP contribution in [0.15, 0.2) is 24.3 Å². The molecule has 2 N–H and O–H groups in total. The highest BCUT2D eigenvalue weighted by molar-refractivity contribution is 5.91. The molecule has 5 nitrogen and oxygen atoms in total. The van der Waals surface area contributed by atoms with Crippen LogP contribution in [0.5, 0.6) is 0 Å². The van der Waals surface area contributed by atoms with Gasteiger partial charge in [0.15, 0.2) is 0 Å². The molecule has 0 heterocycles. The minimum Gasteiger partial charge on any atom is -0.392 e. The Morgan fingerprint density at radius 3 is 2.24 bits per heavy atom. The Hall–Kier alpha value is -1.88. The van der Waals surface area contributed by atoms with E-state index >= 15 is 0 Å². The van der Waals surface area contributed by atoms with Crippen molar-refractivity contribution in [3.05, 3.63) is 29.8 Å². The van der Waals surface area contributed by atoms with E-state index in [0.29, 0.717) is 12.1 Å². The lowest BCUT2D eigenvalue weighted by Gasteiger charge is -2.14. The first-order chi connectivity index (χ1) is 9.79. The van der Waals surface area contributed by atoms with Gasteiger partial charge in [0.1, 0.15) is 0 Å². The molecule has 0 aromatic heterocycles. The van der Waals surface area contributed by atoms with Crippen molar-refractivity contribution in [2.24, 2.45) is 5.92 Å². The minimum atomic E-state index is -0.637. The number of aliphatic hydroxyl groups excluding tert-OH is 1. The molecule has 0 spiro atoms. The topological polar surface area (TPSA) is 69.6 Å². The average molecular weight is 292 g/mol. The maximum Gasteiger partial charge on any atom is 0.226 e. The van der Waals surface area contributed by atoms with E-state index in [2.05, 4.69) is 5.32 Å². The molecule has 0 aliphatic carbocycles. The first-order valence-electron chi connectivity index (χ1n) is 7.06. The molecular formula is C16H24N2O3. The first-order valence-corrected chi connectivity index (χ1v) is 7.06. The van der Waals surface area contributed by atoms with Crippen molar-refractivity contribution in [2.75, 3.05) is 19.4 Å². The predicted molar refractivity (Wildman–Crippen MR) is 82.9 cm³/mol. The third kappa shape index (κ3) is 5.95. The quantitative estimate of drug-likeness (QED) is 0.838. The predicted octanol–water partition coefficient (Wildman–Crippen LogP) is 1.66. The summed E-state index contributed by atoms with van der Waals surface area (Å²) < 4.78 is 0. The summed E-state index contributed by atoms with van der Waals surface area (Å²) in [5, 5.41) is 12.4. The van der Waals surface area contributed by atoms with Gasteiger partial charge in [-0.2, -0.15) is 0 Å². The summed E-state index contributed by atoms with van der Waals surface area (Å²) >= 11 is 0. The maximum absolute atomic E-state index is 11.7. The fourth-order valence-corrected chi connectivity index (χ4v) is 1.68. The monoisotopic (exact) mass is 292 g/mol. The molecule has 1 aromatic carbocycles. The summed E-state index contributed by atoms with van der Waals surface area (Å²) in [6, 6.07) is 7.15. The van der Waals surface area contributed by atoms with Crippen molar-refractivity contribution in [3.63, 3.8) is 0 Å². The number of nitrogens with zero attached hydrogens (tertiary/aromatic N) is 1. The van der Waals surface area contributed by atoms with Gasteiger partial charge in [-0.25, -0.2) is 0 Å². The number of carbonyl (C=O) groups is 2. The summed E-state index contributed by atoms with van der Waals surface area (Å²) in [5.41, 5.74) is 1.56. The van der Waals surface area contributed by atoms with E-state index in [-0.39, 0.29) is 24.2 Å². The Morgan fingerprint density at radius 2 is 1.76 bits per heavy atom. The number of hydrogen-bond donors (Lipinski definition) is 2. The van der Waals surface area contributed by atoms with Crippen LogP contribution < -0.4 is 5.32 Å². The minimum absolute atomic E-state index is 0.0341. The van der Waals surface area contributed by atoms with Crippen LogP contribution in [0.4, 0.5) is 5.69 Å². The number of benzene rings is 1. The Balaban J connectivity index is 2.55. The standard InChI is InChI=1S/C16H24N2O3/c1-11(2)14(19)10-15(20)17-13-7-5-12(6-8-13)9-16(21)18(3)4/h5-8,11,14,19H,9-10H2,1-4H3,(H,17,20). The zero-order valence-electron chi connectivity index (χ0n) is 13.1. The molecule has 0 aliphatic rings. The molecule has 116 valence electrons. The molecule has 5 heteroatoms. The summed E-state index contributed by atoms with van der Waals surface area (Å²) in [4.78, 5) is 24.9. The molecule has 1 unspecified atom stereocenters. The molecule has 1 atom stereocenters. The normalized spacial score (nSPS) is 12.1. The third-order valence-corrected chi connectivity index (χ3v) is 3.26. The Labute approximate surface area is 126 Å². The first kappa shape index (κ1) is 17.2. The zero-order chi connectivity index (χ0) is 16.0. The van der Waals surface area contributed by atoms with Crippen molar-refractivity contribution in [1.29, 1.82) is 0 Å². The number of likely N-dealkylation sites (N-methyl/N-ethyl adjacent to an activating group) is 1. The van der Waals surface area contributed by atoms with E-state index in [1.807, 2.05) is 26.0 Å². The van der Waals surface area contributed by atoms with Crippen LogP contribution in [0.25, 0.3) is 0 Å². The second-order valence-corrected chi connectivity index (χ2v) is 5.73. The van der Waals surface area contributed by atoms with Crippen molar-refractivity contribution >= 4 is 17.5 Å². The van der Waals surface area contributed by atoms with Crippen LogP contribution in [0, 0.1) is 5.92 Å². The van der Waals surface area contributed by atoms with Gasteiger partial charge in [-0.3, -0.25) is 9.59 Å². The molecule has 1 aromatic rings. The summed E-state index contributed by atoms with van der Waals surface area (Å²) in [7, 11) is 3.44. The largest absolute Gasteiger partial charge is 0.392 e. The van der Waals surface area contributed by atoms with Gasteiger partial charge in [0.25, 0.3) is 0 Å². The second kappa shape index (κ2) is 7.78. The highest BCUT2D eigenvalue weighted by atomic mass is 16.3. The van der Waals surface area contributed by atoms with Crippen LogP contribution in [-0.4, -0.2) is 42.0 Å². The van der Waals surface area contributed by atoms with Gasteiger partial charge < -0.3 is 15.3 Å². The third-order valence-electron chi connectivity index (χ3n) is 3.26. The lowest BCUT2D eigenvalue weighted by molar-refractivity contribution is -0.128. The molecule has 0 saturated carbocycles. The summed E-state index contributed by atoms with van der Waals surface area (Å²) in [6.45, 7) is 3.74. The fourth-order valence-electron chi connectivity index (χ4n) is 1.68. The van der Waals surface area contributed by atoms with Crippen LogP contribution in [0.2, 0.25) is 0 Å². The number of hydrogen-bond acceptors (Lipinski definition) is 3. The molecule has 0 aliphatic heterocycles. The number of amides is 2. The van der Waals surface area contributed by atoms with Gasteiger partial charge in [-0.15, -0.1) is 0 Å². The number of rotatable bonds is 6. The maximum atomic E-state index is 11.7. The molecule has 0 bridgehead atoms. The molecule has 0 radical (unpaired) electrons. The molecular weight excluding hydrogens is 268 g/mol. The van der Waals surface area contributed by atoms with Crippen molar-refractivity contribution < 1.29 is 14.7 Å². The van der Waals surface area contributed by atoms with Gasteiger partial charge in [0.2, 0.25) is 11.8 Å². The van der Waals surface area contributed by atoms with Crippen molar-refractivity contribution in [2.45, 2.75) is 32.8 Å². The Kier molecular flexibility index (Phi) is 6.37. The van der Waals surface area contributed by atoms with E-state index < -0.39 is 6.10 Å². The van der Waals surface area contributed by atoms with E-state index in [9.17, 15) is 14.7 Å². The van der Waals surface area contributed by atoms with Crippen LogP contribution in [-0.2, 0) is 16.0 Å². The number of nitrogens with one attached hydrogen (secondary N) is 1. The molecule has 1 rings (SSSR count). The van der Waals surface area contributed by atoms with Crippen molar-refractivity contribution in [1.82, 2.24) is 4.90 Å². The van der Waals surface area contributed by atoms with Gasteiger partial charge in [0.05, 0.1) is 18.9 Å². The summed E-state index contributed by atoms with van der Waals surface area (Å²) in [5.74, 6) is -0.129. The van der Waals surface area contributed by atoms with E-state index in [0.717, 1.165) is 5.56 Å². The van der Waals surface area contributed by atoms with Crippen LogP contribution in [0.3, 0.4) is 0 Å². The van der Waals surface area contributed by atoms with E-state index in [1.165, 1.54) is 0 Å². The van der Waals surface area contributed by atoms with E-state index in [1.54, 1.807) is 31.1 Å². The number of carbonyl (C=O) groups excluding carboxylic acids is 2. The van der Waals surface area contributed by atoms with Gasteiger partial charge in [-0.1, -0.05) is 26.0 Å². The Morgan fingerprint density at radius 1 is 1.19 bits per heavy atom.